The Morgan fingerprint density at radius 2 is 1.94 bits per heavy atom. The lowest BCUT2D eigenvalue weighted by molar-refractivity contribution is 0.0611. The zero-order valence-electron chi connectivity index (χ0n) is 18.5. The summed E-state index contributed by atoms with van der Waals surface area (Å²) in [6, 6.07) is 6.66. The zero-order chi connectivity index (χ0) is 22.2. The molecule has 4 rings (SSSR count). The molecule has 0 spiro atoms. The van der Waals surface area contributed by atoms with Gasteiger partial charge in [-0.3, -0.25) is 4.98 Å². The molecule has 0 saturated carbocycles. The average Bonchev–Trinajstić information content (AvgIpc) is 3.12. The smallest absolute Gasteiger partial charge is 0.210 e. The number of sulfone groups is 1. The molecule has 1 saturated heterocycles. The number of nitrogens with zero attached hydrogens (tertiary/aromatic N) is 3. The first-order valence-corrected chi connectivity index (χ1v) is 12.0. The maximum Gasteiger partial charge on any atom is 0.210 e. The normalized spacial score (nSPS) is 16.0. The lowest BCUT2D eigenvalue weighted by Crippen LogP contribution is -2.25. The molecule has 2 aromatic heterocycles. The van der Waals surface area contributed by atoms with E-state index in [1.54, 1.807) is 12.1 Å². The van der Waals surface area contributed by atoms with Crippen molar-refractivity contribution in [1.82, 2.24) is 14.5 Å². The number of fused-ring (bicyclic) bond motifs is 1. The van der Waals surface area contributed by atoms with Gasteiger partial charge in [0.05, 0.1) is 29.2 Å². The molecule has 3 aromatic rings. The van der Waals surface area contributed by atoms with Gasteiger partial charge in [-0.1, -0.05) is 20.8 Å². The minimum absolute atomic E-state index is 0.0991. The molecular formula is C23H29N3O4S. The van der Waals surface area contributed by atoms with Gasteiger partial charge >= 0.3 is 0 Å². The number of benzene rings is 1. The van der Waals surface area contributed by atoms with E-state index in [1.165, 1.54) is 25.6 Å². The molecule has 31 heavy (non-hydrogen) atoms. The molecule has 1 aromatic carbocycles. The summed E-state index contributed by atoms with van der Waals surface area (Å²) in [5.41, 5.74) is 1.47. The Hall–Kier alpha value is -2.45. The molecule has 0 bridgehead atoms. The Morgan fingerprint density at radius 3 is 2.61 bits per heavy atom. The van der Waals surface area contributed by atoms with Crippen LogP contribution in [0.15, 0.2) is 46.5 Å². The number of ether oxygens (including phenoxy) is 2. The van der Waals surface area contributed by atoms with E-state index in [0.717, 1.165) is 43.9 Å². The topological polar surface area (TPSA) is 83.3 Å². The van der Waals surface area contributed by atoms with Crippen LogP contribution >= 0.6 is 0 Å². The van der Waals surface area contributed by atoms with Crippen molar-refractivity contribution >= 4 is 20.9 Å². The van der Waals surface area contributed by atoms with Crippen LogP contribution in [0.1, 0.15) is 39.4 Å². The number of imidazole rings is 1. The Morgan fingerprint density at radius 1 is 1.19 bits per heavy atom. The fourth-order valence-electron chi connectivity index (χ4n) is 4.09. The fraction of sp³-hybridized carbons (Fsp3) is 0.478. The van der Waals surface area contributed by atoms with E-state index in [4.69, 9.17) is 14.5 Å². The van der Waals surface area contributed by atoms with Crippen LogP contribution in [0.3, 0.4) is 0 Å². The summed E-state index contributed by atoms with van der Waals surface area (Å²) in [4.78, 5) is 9.13. The quantitative estimate of drug-likeness (QED) is 0.593. The SMILES string of the molecule is COc1cnccc1S(=O)(=O)c1ccc2c(c1)nc(C(C)(C)C)n2CC1CCOCC1. The molecule has 1 aliphatic heterocycles. The van der Waals surface area contributed by atoms with Crippen molar-refractivity contribution in [3.63, 3.8) is 0 Å². The van der Waals surface area contributed by atoms with Crippen LogP contribution in [0, 0.1) is 5.92 Å². The van der Waals surface area contributed by atoms with Crippen LogP contribution in [0.4, 0.5) is 0 Å². The van der Waals surface area contributed by atoms with Crippen LogP contribution in [0.5, 0.6) is 5.75 Å². The third-order valence-electron chi connectivity index (χ3n) is 5.74. The predicted molar refractivity (Wildman–Crippen MR) is 118 cm³/mol. The molecule has 0 atom stereocenters. The second-order valence-electron chi connectivity index (χ2n) is 9.03. The van der Waals surface area contributed by atoms with Gasteiger partial charge in [0.25, 0.3) is 0 Å². The van der Waals surface area contributed by atoms with Crippen LogP contribution in [0.25, 0.3) is 11.0 Å². The lowest BCUT2D eigenvalue weighted by Gasteiger charge is -2.26. The molecule has 8 heteroatoms. The molecule has 3 heterocycles. The largest absolute Gasteiger partial charge is 0.494 e. The summed E-state index contributed by atoms with van der Waals surface area (Å²) in [5.74, 6) is 1.71. The summed E-state index contributed by atoms with van der Waals surface area (Å²) in [6.45, 7) is 8.84. The average molecular weight is 444 g/mol. The van der Waals surface area contributed by atoms with Gasteiger partial charge in [-0.15, -0.1) is 0 Å². The zero-order valence-corrected chi connectivity index (χ0v) is 19.3. The van der Waals surface area contributed by atoms with Gasteiger partial charge in [0.2, 0.25) is 9.84 Å². The van der Waals surface area contributed by atoms with E-state index in [0.29, 0.717) is 11.4 Å². The van der Waals surface area contributed by atoms with Gasteiger partial charge in [0, 0.05) is 31.4 Å². The van der Waals surface area contributed by atoms with E-state index in [1.807, 2.05) is 6.07 Å². The van der Waals surface area contributed by atoms with E-state index in [2.05, 4.69) is 30.3 Å². The highest BCUT2D eigenvalue weighted by atomic mass is 32.2. The van der Waals surface area contributed by atoms with Crippen molar-refractivity contribution in [1.29, 1.82) is 0 Å². The molecular weight excluding hydrogens is 414 g/mol. The van der Waals surface area contributed by atoms with E-state index in [-0.39, 0.29) is 21.0 Å². The Labute approximate surface area is 183 Å². The first kappa shape index (κ1) is 21.8. The van der Waals surface area contributed by atoms with Gasteiger partial charge in [-0.05, 0) is 43.0 Å². The van der Waals surface area contributed by atoms with E-state index in [9.17, 15) is 8.42 Å². The molecule has 0 N–H and O–H groups in total. The van der Waals surface area contributed by atoms with Crippen LogP contribution in [0.2, 0.25) is 0 Å². The molecule has 0 radical (unpaired) electrons. The van der Waals surface area contributed by atoms with Crippen molar-refractivity contribution in [2.75, 3.05) is 20.3 Å². The fourth-order valence-corrected chi connectivity index (χ4v) is 5.50. The third-order valence-corrected chi connectivity index (χ3v) is 7.53. The first-order chi connectivity index (χ1) is 14.7. The van der Waals surface area contributed by atoms with Gasteiger partial charge in [-0.2, -0.15) is 0 Å². The maximum absolute atomic E-state index is 13.3. The minimum Gasteiger partial charge on any atom is -0.494 e. The van der Waals surface area contributed by atoms with Crippen molar-refractivity contribution in [3.8, 4) is 5.75 Å². The molecule has 166 valence electrons. The summed E-state index contributed by atoms with van der Waals surface area (Å²) >= 11 is 0. The van der Waals surface area contributed by atoms with Gasteiger partial charge in [0.1, 0.15) is 10.7 Å². The third kappa shape index (κ3) is 4.19. The number of methoxy groups -OCH3 is 1. The monoisotopic (exact) mass is 443 g/mol. The lowest BCUT2D eigenvalue weighted by atomic mass is 9.94. The predicted octanol–water partition coefficient (Wildman–Crippen LogP) is 4.00. The highest BCUT2D eigenvalue weighted by Crippen LogP contribution is 2.33. The highest BCUT2D eigenvalue weighted by Gasteiger charge is 2.27. The van der Waals surface area contributed by atoms with Crippen molar-refractivity contribution in [2.45, 2.75) is 55.4 Å². The summed E-state index contributed by atoms with van der Waals surface area (Å²) < 4.78 is 39.6. The summed E-state index contributed by atoms with van der Waals surface area (Å²) in [5, 5.41) is 0. The van der Waals surface area contributed by atoms with Crippen molar-refractivity contribution < 1.29 is 17.9 Å². The number of pyridine rings is 1. The van der Waals surface area contributed by atoms with Gasteiger partial charge in [-0.25, -0.2) is 13.4 Å². The number of rotatable bonds is 5. The van der Waals surface area contributed by atoms with Crippen molar-refractivity contribution in [2.24, 2.45) is 5.92 Å². The van der Waals surface area contributed by atoms with Crippen LogP contribution in [-0.2, 0) is 26.5 Å². The van der Waals surface area contributed by atoms with Gasteiger partial charge in [0.15, 0.2) is 5.75 Å². The standard InChI is InChI=1S/C23H29N3O4S/c1-23(2,3)22-25-18-13-17(31(27,28)21-7-10-24-14-20(21)29-4)5-6-19(18)26(22)15-16-8-11-30-12-9-16/h5-7,10,13-14,16H,8-9,11-12,15H2,1-4H3. The number of hydrogen-bond donors (Lipinski definition) is 0. The molecule has 0 unspecified atom stereocenters. The van der Waals surface area contributed by atoms with E-state index >= 15 is 0 Å². The van der Waals surface area contributed by atoms with Gasteiger partial charge < -0.3 is 14.0 Å². The van der Waals surface area contributed by atoms with Crippen LogP contribution < -0.4 is 4.74 Å². The first-order valence-electron chi connectivity index (χ1n) is 10.5. The summed E-state index contributed by atoms with van der Waals surface area (Å²) in [7, 11) is -2.33. The highest BCUT2D eigenvalue weighted by molar-refractivity contribution is 7.91. The maximum atomic E-state index is 13.3. The Bertz CT molecular complexity index is 1190. The molecule has 0 aliphatic carbocycles. The van der Waals surface area contributed by atoms with E-state index < -0.39 is 9.84 Å². The molecule has 1 aliphatic rings. The molecule has 0 amide bonds. The molecule has 1 fully saturated rings. The molecule has 7 nitrogen and oxygen atoms in total. The Balaban J connectivity index is 1.81. The Kier molecular flexibility index (Phi) is 5.79. The second kappa shape index (κ2) is 8.24. The van der Waals surface area contributed by atoms with Crippen LogP contribution in [-0.4, -0.2) is 43.3 Å². The minimum atomic E-state index is -3.77. The number of aromatic nitrogens is 3. The number of hydrogen-bond acceptors (Lipinski definition) is 6. The summed E-state index contributed by atoms with van der Waals surface area (Å²) in [6.07, 6.45) is 4.91. The second-order valence-corrected chi connectivity index (χ2v) is 11.0. The van der Waals surface area contributed by atoms with Crippen molar-refractivity contribution in [3.05, 3.63) is 42.5 Å².